The molecule has 1 aliphatic heterocycles. The molecule has 1 heterocycles. The first-order valence-corrected chi connectivity index (χ1v) is 9.03. The van der Waals surface area contributed by atoms with Gasteiger partial charge < -0.3 is 9.87 Å². The summed E-state index contributed by atoms with van der Waals surface area (Å²) in [6.45, 7) is 0.976. The number of urea groups is 1. The lowest BCUT2D eigenvalue weighted by Crippen LogP contribution is -2.46. The second-order valence-electron chi connectivity index (χ2n) is 6.09. The predicted molar refractivity (Wildman–Crippen MR) is 103 cm³/mol. The van der Waals surface area contributed by atoms with Gasteiger partial charge in [-0.25, -0.2) is 9.18 Å². The fraction of sp³-hybridized carbons (Fsp3) is 0.150. The maximum Gasteiger partial charge on any atom is 0.327 e. The van der Waals surface area contributed by atoms with Crippen LogP contribution in [0.3, 0.4) is 0 Å². The van der Waals surface area contributed by atoms with Crippen LogP contribution in [-0.2, 0) is 6.67 Å². The van der Waals surface area contributed by atoms with Crippen molar-refractivity contribution in [3.05, 3.63) is 70.4 Å². The summed E-state index contributed by atoms with van der Waals surface area (Å²) in [7, 11) is 0. The molecule has 0 radical (unpaired) electrons. The fourth-order valence-corrected chi connectivity index (χ4v) is 3.60. The number of hydrogen-bond acceptors (Lipinski definition) is 5. The average Bonchev–Trinajstić information content (AvgIpc) is 2.73. The molecule has 0 saturated carbocycles. The predicted octanol–water partition coefficient (Wildman–Crippen LogP) is 4.66. The Morgan fingerprint density at radius 2 is 2.04 bits per heavy atom. The van der Waals surface area contributed by atoms with E-state index in [0.717, 1.165) is 0 Å². The van der Waals surface area contributed by atoms with Crippen LogP contribution in [-0.4, -0.2) is 10.6 Å². The normalized spacial score (nSPS) is 16.4. The van der Waals surface area contributed by atoms with Crippen LogP contribution in [0.4, 0.5) is 14.9 Å². The minimum Gasteiger partial charge on any atom is -0.326 e. The Bertz CT molecular complexity index is 1050. The number of anilines is 1. The molecule has 0 saturated heterocycles. The number of amides is 2. The van der Waals surface area contributed by atoms with E-state index in [1.54, 1.807) is 43.3 Å². The van der Waals surface area contributed by atoms with Crippen LogP contribution in [0.1, 0.15) is 29.7 Å². The van der Waals surface area contributed by atoms with Crippen molar-refractivity contribution in [1.29, 1.82) is 10.5 Å². The van der Waals surface area contributed by atoms with Crippen LogP contribution in [0.25, 0.3) is 0 Å². The Labute approximate surface area is 165 Å². The summed E-state index contributed by atoms with van der Waals surface area (Å²) >= 11 is 0.446. The molecule has 6 nitrogen and oxygen atoms in total. The molecule has 0 unspecified atom stereocenters. The molecule has 2 amide bonds. The van der Waals surface area contributed by atoms with Crippen molar-refractivity contribution in [2.45, 2.75) is 24.5 Å². The van der Waals surface area contributed by atoms with Crippen molar-refractivity contribution in [3.63, 3.8) is 0 Å². The number of carbonyl (C=O) groups excluding carboxylic acids is 1. The van der Waals surface area contributed by atoms with E-state index in [-0.39, 0.29) is 5.57 Å². The summed E-state index contributed by atoms with van der Waals surface area (Å²) < 4.78 is 22.6. The largest absolute Gasteiger partial charge is 0.327 e. The minimum absolute atomic E-state index is 0.283. The molecular formula is C20H15FN4O2S. The first-order chi connectivity index (χ1) is 13.5. The van der Waals surface area contributed by atoms with Gasteiger partial charge in [-0.2, -0.15) is 10.5 Å². The van der Waals surface area contributed by atoms with Gasteiger partial charge >= 0.3 is 6.03 Å². The van der Waals surface area contributed by atoms with Gasteiger partial charge in [0, 0.05) is 22.6 Å². The number of halogens is 1. The van der Waals surface area contributed by atoms with Gasteiger partial charge in [0.05, 0.1) is 35.0 Å². The second kappa shape index (κ2) is 8.13. The number of benzene rings is 2. The van der Waals surface area contributed by atoms with E-state index >= 15 is 0 Å². The van der Waals surface area contributed by atoms with E-state index in [4.69, 9.17) is 5.26 Å². The van der Waals surface area contributed by atoms with Crippen molar-refractivity contribution in [2.24, 2.45) is 0 Å². The lowest BCUT2D eigenvalue weighted by atomic mass is 9.94. The van der Waals surface area contributed by atoms with Gasteiger partial charge in [0.25, 0.3) is 0 Å². The minimum atomic E-state index is -0.777. The smallest absolute Gasteiger partial charge is 0.326 e. The highest BCUT2D eigenvalue weighted by Crippen LogP contribution is 2.37. The molecule has 2 aromatic carbocycles. The molecule has 0 aliphatic carbocycles. The third-order valence-corrected chi connectivity index (χ3v) is 5.03. The topological polar surface area (TPSA) is 100 Å². The first-order valence-electron chi connectivity index (χ1n) is 8.26. The number of hydrogen-bond donors (Lipinski definition) is 2. The molecule has 0 spiro atoms. The van der Waals surface area contributed by atoms with Crippen molar-refractivity contribution in [1.82, 2.24) is 5.32 Å². The third-order valence-electron chi connectivity index (χ3n) is 4.48. The van der Waals surface area contributed by atoms with E-state index in [1.165, 1.54) is 11.0 Å². The number of nitrogens with one attached hydrogen (secondary N) is 1. The average molecular weight is 394 g/mol. The lowest BCUT2D eigenvalue weighted by Gasteiger charge is -2.34. The van der Waals surface area contributed by atoms with Crippen LogP contribution in [0, 0.1) is 22.7 Å². The molecule has 3 rings (SSSR count). The second-order valence-corrected chi connectivity index (χ2v) is 6.71. The van der Waals surface area contributed by atoms with Gasteiger partial charge in [0.2, 0.25) is 0 Å². The van der Waals surface area contributed by atoms with E-state index in [1.807, 2.05) is 6.07 Å². The highest BCUT2D eigenvalue weighted by molar-refractivity contribution is 7.93. The van der Waals surface area contributed by atoms with E-state index in [2.05, 4.69) is 11.4 Å². The van der Waals surface area contributed by atoms with Crippen LogP contribution in [0.5, 0.6) is 0 Å². The standard InChI is InChI=1S/C20H15FN4O2S/c1-12-17(11-23)19(16-6-5-14(10-22)8-18(16)28-27)24-20(26)25(12)15-4-2-3-13(7-15)9-21/h2-8,19,27H,9H2,1H3,(H,24,26)/t19-/m1/s1. The number of nitrogens with zero attached hydrogens (tertiary/aromatic N) is 3. The highest BCUT2D eigenvalue weighted by atomic mass is 32.2. The zero-order valence-electron chi connectivity index (χ0n) is 14.8. The molecule has 2 aromatic rings. The van der Waals surface area contributed by atoms with E-state index in [9.17, 15) is 19.0 Å². The van der Waals surface area contributed by atoms with Crippen molar-refractivity contribution >= 4 is 23.8 Å². The summed E-state index contributed by atoms with van der Waals surface area (Å²) in [5, 5.41) is 21.5. The SMILES string of the molecule is CC1=C(C#N)[C@@H](c2ccc(C#N)cc2SO)NC(=O)N1c1cccc(CF)c1. The molecule has 28 heavy (non-hydrogen) atoms. The summed E-state index contributed by atoms with van der Waals surface area (Å²) in [5.74, 6) is 0. The first kappa shape index (κ1) is 19.4. The molecule has 0 fully saturated rings. The molecule has 1 aliphatic rings. The van der Waals surface area contributed by atoms with E-state index < -0.39 is 18.7 Å². The Kier molecular flexibility index (Phi) is 5.65. The summed E-state index contributed by atoms with van der Waals surface area (Å²) in [6.07, 6.45) is 0. The number of nitriles is 2. The van der Waals surface area contributed by atoms with Crippen molar-refractivity contribution in [3.8, 4) is 12.1 Å². The molecule has 1 atom stereocenters. The molecular weight excluding hydrogens is 379 g/mol. The molecule has 0 bridgehead atoms. The monoisotopic (exact) mass is 394 g/mol. The summed E-state index contributed by atoms with van der Waals surface area (Å²) in [5.41, 5.74) is 2.42. The molecule has 2 N–H and O–H groups in total. The third kappa shape index (κ3) is 3.44. The Morgan fingerprint density at radius 1 is 1.25 bits per heavy atom. The fourth-order valence-electron chi connectivity index (χ4n) is 3.13. The maximum atomic E-state index is 13.0. The van der Waals surface area contributed by atoms with Gasteiger partial charge in [0.15, 0.2) is 0 Å². The number of allylic oxidation sites excluding steroid dienone is 1. The van der Waals surface area contributed by atoms with Crippen LogP contribution in [0.2, 0.25) is 0 Å². The van der Waals surface area contributed by atoms with Crippen molar-refractivity contribution < 1.29 is 13.7 Å². The zero-order chi connectivity index (χ0) is 20.3. The van der Waals surface area contributed by atoms with Gasteiger partial charge in [-0.3, -0.25) is 4.90 Å². The van der Waals surface area contributed by atoms with Gasteiger partial charge in [-0.1, -0.05) is 18.2 Å². The lowest BCUT2D eigenvalue weighted by molar-refractivity contribution is 0.243. The number of carbonyl (C=O) groups is 1. The van der Waals surface area contributed by atoms with E-state index in [0.29, 0.717) is 45.0 Å². The number of alkyl halides is 1. The maximum absolute atomic E-state index is 13.0. The van der Waals surface area contributed by atoms with Gasteiger partial charge in [-0.05, 0) is 42.3 Å². The van der Waals surface area contributed by atoms with Crippen molar-refractivity contribution in [2.75, 3.05) is 4.90 Å². The van der Waals surface area contributed by atoms with Crippen LogP contribution < -0.4 is 10.2 Å². The summed E-state index contributed by atoms with van der Waals surface area (Å²) in [6, 6.07) is 14.0. The highest BCUT2D eigenvalue weighted by Gasteiger charge is 2.34. The Morgan fingerprint density at radius 3 is 2.68 bits per heavy atom. The number of rotatable bonds is 4. The molecule has 0 aromatic heterocycles. The molecule has 140 valence electrons. The summed E-state index contributed by atoms with van der Waals surface area (Å²) in [4.78, 5) is 14.5. The molecule has 8 heteroatoms. The Hall–Kier alpha value is -3.33. The Balaban J connectivity index is 2.11. The van der Waals surface area contributed by atoms with Crippen LogP contribution >= 0.6 is 12.0 Å². The quantitative estimate of drug-likeness (QED) is 0.735. The van der Waals surface area contributed by atoms with Gasteiger partial charge in [0.1, 0.15) is 6.67 Å². The van der Waals surface area contributed by atoms with Crippen LogP contribution in [0.15, 0.2) is 58.6 Å². The zero-order valence-corrected chi connectivity index (χ0v) is 15.6. The van der Waals surface area contributed by atoms with Gasteiger partial charge in [-0.15, -0.1) is 0 Å².